The summed E-state index contributed by atoms with van der Waals surface area (Å²) in [4.78, 5) is 0. The summed E-state index contributed by atoms with van der Waals surface area (Å²) in [7, 11) is 0. The van der Waals surface area contributed by atoms with Crippen molar-refractivity contribution in [2.75, 3.05) is 13.2 Å². The molecule has 0 radical (unpaired) electrons. The number of aliphatic hydroxyl groups is 2. The normalized spacial score (nSPS) is 11.5. The summed E-state index contributed by atoms with van der Waals surface area (Å²) in [5, 5.41) is 18.5. The fraction of sp³-hybridized carbons (Fsp3) is 0.500. The van der Waals surface area contributed by atoms with Gasteiger partial charge < -0.3 is 15.9 Å². The first-order valence-electron chi connectivity index (χ1n) is 10.1. The SMILES string of the molecule is CC(C)c1ccc(CCCCc2ccc(CCC(N)(CO)CO)cc2)cc1.Cl. The van der Waals surface area contributed by atoms with Crippen molar-refractivity contribution in [1.82, 2.24) is 0 Å². The second kappa shape index (κ2) is 12.2. The van der Waals surface area contributed by atoms with Gasteiger partial charge in [0.25, 0.3) is 0 Å². The minimum absolute atomic E-state index is 0. The topological polar surface area (TPSA) is 66.5 Å². The molecule has 156 valence electrons. The van der Waals surface area contributed by atoms with Crippen LogP contribution in [-0.4, -0.2) is 29.0 Å². The lowest BCUT2D eigenvalue weighted by molar-refractivity contribution is 0.115. The van der Waals surface area contributed by atoms with Crippen LogP contribution in [0.25, 0.3) is 0 Å². The Bertz CT molecular complexity index is 664. The van der Waals surface area contributed by atoms with Crippen molar-refractivity contribution < 1.29 is 10.2 Å². The quantitative estimate of drug-likeness (QED) is 0.485. The highest BCUT2D eigenvalue weighted by Crippen LogP contribution is 2.17. The molecule has 0 fully saturated rings. The van der Waals surface area contributed by atoms with Crippen LogP contribution in [0.3, 0.4) is 0 Å². The summed E-state index contributed by atoms with van der Waals surface area (Å²) < 4.78 is 0. The molecule has 0 heterocycles. The van der Waals surface area contributed by atoms with Crippen molar-refractivity contribution in [3.63, 3.8) is 0 Å². The van der Waals surface area contributed by atoms with E-state index >= 15 is 0 Å². The van der Waals surface area contributed by atoms with Gasteiger partial charge in [0.2, 0.25) is 0 Å². The van der Waals surface area contributed by atoms with E-state index in [0.29, 0.717) is 12.3 Å². The number of benzene rings is 2. The molecule has 0 saturated carbocycles. The van der Waals surface area contributed by atoms with Gasteiger partial charge in [-0.15, -0.1) is 12.4 Å². The lowest BCUT2D eigenvalue weighted by Gasteiger charge is -2.24. The molecule has 0 atom stereocenters. The molecule has 2 aromatic carbocycles. The first-order chi connectivity index (χ1) is 13.0. The lowest BCUT2D eigenvalue weighted by Crippen LogP contribution is -2.47. The molecule has 0 saturated heterocycles. The van der Waals surface area contributed by atoms with Crippen molar-refractivity contribution in [2.45, 2.75) is 63.8 Å². The second-order valence-electron chi connectivity index (χ2n) is 8.10. The highest BCUT2D eigenvalue weighted by Gasteiger charge is 2.22. The number of hydrogen-bond acceptors (Lipinski definition) is 3. The van der Waals surface area contributed by atoms with Crippen LogP contribution in [0.4, 0.5) is 0 Å². The maximum absolute atomic E-state index is 9.26. The Kier molecular flexibility index (Phi) is 10.8. The Morgan fingerprint density at radius 2 is 1.14 bits per heavy atom. The van der Waals surface area contributed by atoms with Gasteiger partial charge in [0.05, 0.1) is 18.8 Å². The molecular formula is C24H36ClNO2. The zero-order valence-corrected chi connectivity index (χ0v) is 18.0. The average molecular weight is 406 g/mol. The van der Waals surface area contributed by atoms with Gasteiger partial charge in [-0.05, 0) is 66.7 Å². The third-order valence-corrected chi connectivity index (χ3v) is 5.39. The third kappa shape index (κ3) is 7.92. The van der Waals surface area contributed by atoms with Gasteiger partial charge in [0.15, 0.2) is 0 Å². The van der Waals surface area contributed by atoms with E-state index in [1.165, 1.54) is 35.1 Å². The van der Waals surface area contributed by atoms with Crippen LogP contribution < -0.4 is 5.73 Å². The van der Waals surface area contributed by atoms with Crippen LogP contribution in [0.15, 0.2) is 48.5 Å². The van der Waals surface area contributed by atoms with Gasteiger partial charge >= 0.3 is 0 Å². The van der Waals surface area contributed by atoms with E-state index in [1.807, 2.05) is 0 Å². The molecule has 0 amide bonds. The molecule has 0 spiro atoms. The van der Waals surface area contributed by atoms with E-state index < -0.39 is 5.54 Å². The lowest BCUT2D eigenvalue weighted by atomic mass is 9.93. The van der Waals surface area contributed by atoms with E-state index in [0.717, 1.165) is 19.3 Å². The first kappa shape index (κ1) is 24.6. The van der Waals surface area contributed by atoms with Crippen LogP contribution >= 0.6 is 12.4 Å². The van der Waals surface area contributed by atoms with Gasteiger partial charge in [-0.3, -0.25) is 0 Å². The van der Waals surface area contributed by atoms with Crippen LogP contribution in [0, 0.1) is 0 Å². The molecule has 28 heavy (non-hydrogen) atoms. The number of unbranched alkanes of at least 4 members (excludes halogenated alkanes) is 1. The van der Waals surface area contributed by atoms with Crippen molar-refractivity contribution in [3.05, 3.63) is 70.8 Å². The molecule has 4 heteroatoms. The summed E-state index contributed by atoms with van der Waals surface area (Å²) in [6.07, 6.45) is 5.97. The maximum atomic E-state index is 9.26. The van der Waals surface area contributed by atoms with Gasteiger partial charge in [-0.1, -0.05) is 62.4 Å². The van der Waals surface area contributed by atoms with Gasteiger partial charge in [-0.2, -0.15) is 0 Å². The van der Waals surface area contributed by atoms with Gasteiger partial charge in [0.1, 0.15) is 0 Å². The smallest absolute Gasteiger partial charge is 0.0633 e. The predicted octanol–water partition coefficient (Wildman–Crippen LogP) is 4.41. The van der Waals surface area contributed by atoms with Gasteiger partial charge in [-0.25, -0.2) is 0 Å². The first-order valence-corrected chi connectivity index (χ1v) is 10.1. The summed E-state index contributed by atoms with van der Waals surface area (Å²) in [5.41, 5.74) is 10.4. The fourth-order valence-electron chi connectivity index (χ4n) is 3.20. The Morgan fingerprint density at radius 3 is 1.54 bits per heavy atom. The van der Waals surface area contributed by atoms with E-state index in [2.05, 4.69) is 62.4 Å². The highest BCUT2D eigenvalue weighted by atomic mass is 35.5. The van der Waals surface area contributed by atoms with E-state index in [1.54, 1.807) is 0 Å². The minimum Gasteiger partial charge on any atom is -0.394 e. The van der Waals surface area contributed by atoms with Crippen molar-refractivity contribution in [1.29, 1.82) is 0 Å². The molecule has 2 rings (SSSR count). The molecule has 0 aliphatic heterocycles. The summed E-state index contributed by atoms with van der Waals surface area (Å²) in [6, 6.07) is 17.7. The highest BCUT2D eigenvalue weighted by molar-refractivity contribution is 5.85. The number of halogens is 1. The molecule has 4 N–H and O–H groups in total. The standard InChI is InChI=1S/C24H35NO2.ClH/c1-19(2)23-13-11-21(12-14-23)6-4-3-5-20-7-9-22(10-8-20)15-16-24(25,17-26)18-27;/h7-14,19,26-27H,3-6,15-18,25H2,1-2H3;1H. The number of hydrogen-bond donors (Lipinski definition) is 3. The van der Waals surface area contributed by atoms with Gasteiger partial charge in [0, 0.05) is 0 Å². The number of nitrogens with two attached hydrogens (primary N) is 1. The van der Waals surface area contributed by atoms with E-state index in [-0.39, 0.29) is 25.6 Å². The van der Waals surface area contributed by atoms with Crippen LogP contribution in [0.1, 0.15) is 61.3 Å². The molecule has 0 unspecified atom stereocenters. The summed E-state index contributed by atoms with van der Waals surface area (Å²) in [6.45, 7) is 4.07. The van der Waals surface area contributed by atoms with Crippen LogP contribution in [0.2, 0.25) is 0 Å². The van der Waals surface area contributed by atoms with E-state index in [4.69, 9.17) is 5.73 Å². The molecule has 0 aliphatic rings. The number of aliphatic hydroxyl groups excluding tert-OH is 2. The zero-order chi connectivity index (χ0) is 19.7. The third-order valence-electron chi connectivity index (χ3n) is 5.39. The van der Waals surface area contributed by atoms with E-state index in [9.17, 15) is 10.2 Å². The predicted molar refractivity (Wildman–Crippen MR) is 120 cm³/mol. The Balaban J connectivity index is 0.00000392. The van der Waals surface area contributed by atoms with Crippen molar-refractivity contribution in [3.8, 4) is 0 Å². The zero-order valence-electron chi connectivity index (χ0n) is 17.2. The average Bonchev–Trinajstić information content (AvgIpc) is 2.70. The van der Waals surface area contributed by atoms with Crippen molar-refractivity contribution in [2.24, 2.45) is 5.73 Å². The summed E-state index contributed by atoms with van der Waals surface area (Å²) >= 11 is 0. The minimum atomic E-state index is -0.883. The monoisotopic (exact) mass is 405 g/mol. The molecule has 2 aromatic rings. The Labute approximate surface area is 176 Å². The maximum Gasteiger partial charge on any atom is 0.0633 e. The largest absolute Gasteiger partial charge is 0.394 e. The fourth-order valence-corrected chi connectivity index (χ4v) is 3.20. The summed E-state index contributed by atoms with van der Waals surface area (Å²) in [5.74, 6) is 0.593. The Hall–Kier alpha value is -1.39. The number of rotatable bonds is 11. The molecule has 0 aliphatic carbocycles. The molecule has 3 nitrogen and oxygen atoms in total. The number of aryl methyl sites for hydroxylation is 3. The molecular weight excluding hydrogens is 370 g/mol. The van der Waals surface area contributed by atoms with Crippen LogP contribution in [0.5, 0.6) is 0 Å². The molecule has 0 aromatic heterocycles. The van der Waals surface area contributed by atoms with Crippen molar-refractivity contribution >= 4 is 12.4 Å². The second-order valence-corrected chi connectivity index (χ2v) is 8.10. The van der Waals surface area contributed by atoms with Crippen LogP contribution in [-0.2, 0) is 19.3 Å². The molecule has 0 bridgehead atoms. The Morgan fingerprint density at radius 1 is 0.750 bits per heavy atom.